The largest absolute Gasteiger partial charge is 0.489 e. The highest BCUT2D eigenvalue weighted by molar-refractivity contribution is 5.84. The topological polar surface area (TPSA) is 139 Å². The smallest absolute Gasteiger partial charge is 0.306 e. The number of pyridine rings is 2. The molecule has 0 spiro atoms. The Morgan fingerprint density at radius 2 is 1.15 bits per heavy atom. The molecule has 8 rings (SSSR count). The lowest BCUT2D eigenvalue weighted by Crippen LogP contribution is -2.05. The molecule has 12 heteroatoms. The number of ether oxygens (including phenoxy) is 3. The summed E-state index contributed by atoms with van der Waals surface area (Å²) in [4.78, 5) is 37.7. The van der Waals surface area contributed by atoms with Gasteiger partial charge in [-0.05, 0) is 106 Å². The van der Waals surface area contributed by atoms with E-state index in [4.69, 9.17) is 24.3 Å². The number of carboxylic acids is 1. The maximum absolute atomic E-state index is 14.8. The number of H-pyrrole nitrogens is 2. The second-order valence-electron chi connectivity index (χ2n) is 16.1. The molecular weight excluding hydrogens is 767 g/mol. The molecule has 60 heavy (non-hydrogen) atoms. The highest BCUT2D eigenvalue weighted by Crippen LogP contribution is 2.36. The lowest BCUT2D eigenvalue weighted by Gasteiger charge is -2.13. The van der Waals surface area contributed by atoms with Crippen LogP contribution in [0.1, 0.15) is 128 Å². The number of esters is 1. The highest BCUT2D eigenvalue weighted by atomic mass is 19.1. The number of benzene rings is 2. The van der Waals surface area contributed by atoms with Crippen LogP contribution in [0.5, 0.6) is 11.5 Å². The van der Waals surface area contributed by atoms with Crippen molar-refractivity contribution in [3.8, 4) is 11.5 Å². The lowest BCUT2D eigenvalue weighted by molar-refractivity contribution is -0.143. The Bertz CT molecular complexity index is 2450. The SMILES string of the molecule is CCOC(=O)CCc1[nH]c2ccc(OCc3cnc(C4CCCC4)c(C)c3)cc2c1F.Cc1cc(COc2ccc3[nH]c(CCC(=O)O)c(F)c3c2)cnc1C1CCCC1. The number of carboxylic acid groups (broad SMARTS) is 1. The van der Waals surface area contributed by atoms with E-state index in [1.807, 2.05) is 18.5 Å². The molecule has 2 aromatic carbocycles. The quantitative estimate of drug-likeness (QED) is 0.0870. The lowest BCUT2D eigenvalue weighted by atomic mass is 9.98. The molecule has 4 aromatic heterocycles. The van der Waals surface area contributed by atoms with E-state index in [0.717, 1.165) is 11.1 Å². The number of fused-ring (bicyclic) bond motifs is 2. The zero-order valence-corrected chi connectivity index (χ0v) is 34.7. The average Bonchev–Trinajstić information content (AvgIpc) is 4.07. The van der Waals surface area contributed by atoms with E-state index in [1.165, 1.54) is 73.9 Å². The van der Waals surface area contributed by atoms with E-state index in [9.17, 15) is 18.4 Å². The number of aromatic nitrogens is 4. The van der Waals surface area contributed by atoms with Crippen LogP contribution in [0.3, 0.4) is 0 Å². The van der Waals surface area contributed by atoms with E-state index in [2.05, 4.69) is 40.9 Å². The van der Waals surface area contributed by atoms with Gasteiger partial charge in [0.25, 0.3) is 0 Å². The van der Waals surface area contributed by atoms with Crippen LogP contribution in [-0.4, -0.2) is 43.6 Å². The third-order valence-electron chi connectivity index (χ3n) is 11.7. The number of hydrogen-bond acceptors (Lipinski definition) is 7. The molecule has 2 aliphatic rings. The van der Waals surface area contributed by atoms with Gasteiger partial charge in [-0.2, -0.15) is 0 Å². The summed E-state index contributed by atoms with van der Waals surface area (Å²) >= 11 is 0. The summed E-state index contributed by atoms with van der Waals surface area (Å²) in [5.74, 6) is 0.305. The summed E-state index contributed by atoms with van der Waals surface area (Å²) in [6, 6.07) is 14.8. The fourth-order valence-corrected chi connectivity index (χ4v) is 8.64. The number of nitrogens with zero attached hydrogens (tertiary/aromatic N) is 2. The van der Waals surface area contributed by atoms with Crippen LogP contribution in [0, 0.1) is 25.5 Å². The molecule has 10 nitrogen and oxygen atoms in total. The number of carbonyl (C=O) groups excluding carboxylic acids is 1. The van der Waals surface area contributed by atoms with Gasteiger partial charge in [0, 0.05) is 81.4 Å². The highest BCUT2D eigenvalue weighted by Gasteiger charge is 2.22. The fourth-order valence-electron chi connectivity index (χ4n) is 8.64. The summed E-state index contributed by atoms with van der Waals surface area (Å²) in [7, 11) is 0. The number of carbonyl (C=O) groups is 2. The minimum atomic E-state index is -0.949. The van der Waals surface area contributed by atoms with E-state index in [1.54, 1.807) is 37.3 Å². The van der Waals surface area contributed by atoms with Gasteiger partial charge in [0.1, 0.15) is 24.7 Å². The van der Waals surface area contributed by atoms with Crippen LogP contribution < -0.4 is 9.47 Å². The number of aliphatic carboxylic acids is 1. The van der Waals surface area contributed by atoms with E-state index in [0.29, 0.717) is 76.3 Å². The van der Waals surface area contributed by atoms with Crippen LogP contribution >= 0.6 is 0 Å². The molecule has 2 aliphatic carbocycles. The molecule has 316 valence electrons. The van der Waals surface area contributed by atoms with Gasteiger partial charge in [-0.1, -0.05) is 25.7 Å². The summed E-state index contributed by atoms with van der Waals surface area (Å²) in [5, 5.41) is 9.67. The van der Waals surface area contributed by atoms with Crippen LogP contribution in [0.15, 0.2) is 60.9 Å². The van der Waals surface area contributed by atoms with Crippen molar-refractivity contribution in [2.24, 2.45) is 0 Å². The number of hydrogen-bond donors (Lipinski definition) is 3. The monoisotopic (exact) mass is 820 g/mol. The second kappa shape index (κ2) is 19.5. The van der Waals surface area contributed by atoms with Crippen molar-refractivity contribution in [1.82, 2.24) is 19.9 Å². The first kappa shape index (κ1) is 42.3. The zero-order chi connectivity index (χ0) is 42.2. The minimum Gasteiger partial charge on any atom is -0.489 e. The molecule has 0 unspecified atom stereocenters. The third kappa shape index (κ3) is 10.3. The molecule has 0 radical (unpaired) electrons. The second-order valence-corrected chi connectivity index (χ2v) is 16.1. The number of halogens is 2. The van der Waals surface area contributed by atoms with Gasteiger partial charge in [-0.3, -0.25) is 19.6 Å². The van der Waals surface area contributed by atoms with Crippen LogP contribution in [0.4, 0.5) is 8.78 Å². The van der Waals surface area contributed by atoms with Gasteiger partial charge in [-0.25, -0.2) is 8.78 Å². The molecule has 0 atom stereocenters. The molecule has 2 saturated carbocycles. The Morgan fingerprint density at radius 3 is 1.57 bits per heavy atom. The van der Waals surface area contributed by atoms with E-state index < -0.39 is 11.8 Å². The third-order valence-corrected chi connectivity index (χ3v) is 11.7. The molecular formula is C48H54F2N4O6. The summed E-state index contributed by atoms with van der Waals surface area (Å²) in [5.41, 5.74) is 8.85. The van der Waals surface area contributed by atoms with E-state index in [-0.39, 0.29) is 37.5 Å². The number of nitrogens with one attached hydrogen (secondary N) is 2. The van der Waals surface area contributed by atoms with Crippen molar-refractivity contribution in [3.05, 3.63) is 118 Å². The Morgan fingerprint density at radius 1 is 0.700 bits per heavy atom. The van der Waals surface area contributed by atoms with Gasteiger partial charge < -0.3 is 29.3 Å². The fraction of sp³-hybridized carbons (Fsp3) is 0.417. The molecule has 0 saturated heterocycles. The van der Waals surface area contributed by atoms with Crippen molar-refractivity contribution < 1.29 is 37.7 Å². The Labute approximate surface area is 349 Å². The van der Waals surface area contributed by atoms with Gasteiger partial charge in [0.15, 0.2) is 11.6 Å². The number of rotatable bonds is 15. The van der Waals surface area contributed by atoms with E-state index >= 15 is 0 Å². The van der Waals surface area contributed by atoms with Gasteiger partial charge in [0.05, 0.1) is 30.8 Å². The maximum atomic E-state index is 14.8. The van der Waals surface area contributed by atoms with Crippen LogP contribution in [0.25, 0.3) is 21.8 Å². The van der Waals surface area contributed by atoms with Crippen molar-refractivity contribution in [3.63, 3.8) is 0 Å². The standard InChI is InChI=1S/C25H29FN2O3.C23H25FN2O3/c1-3-30-23(29)11-10-22-24(26)20-13-19(8-9-21(20)28-22)31-15-17-12-16(2)25(27-14-17)18-6-4-5-7-18;1-14-10-15(12-25-23(14)16-4-2-3-5-16)13-29-17-6-7-19-18(11-17)22(24)20(26-19)8-9-21(27)28/h8-9,12-14,18,28H,3-7,10-11,15H2,1-2H3;6-7,10-12,16,26H,2-5,8-9,13H2,1H3,(H,27,28). The zero-order valence-electron chi connectivity index (χ0n) is 34.7. The van der Waals surface area contributed by atoms with Gasteiger partial charge in [0.2, 0.25) is 0 Å². The van der Waals surface area contributed by atoms with Gasteiger partial charge in [-0.15, -0.1) is 0 Å². The first-order chi connectivity index (χ1) is 29.1. The average molecular weight is 821 g/mol. The van der Waals surface area contributed by atoms with Crippen LogP contribution in [0.2, 0.25) is 0 Å². The van der Waals surface area contributed by atoms with Crippen LogP contribution in [-0.2, 0) is 40.4 Å². The molecule has 6 aromatic rings. The molecule has 0 aliphatic heterocycles. The Hall–Kier alpha value is -5.78. The Kier molecular flexibility index (Phi) is 13.8. The summed E-state index contributed by atoms with van der Waals surface area (Å²) in [6.45, 7) is 7.04. The van der Waals surface area contributed by atoms with Crippen molar-refractivity contribution in [2.75, 3.05) is 6.61 Å². The molecule has 0 amide bonds. The molecule has 3 N–H and O–H groups in total. The Balaban J connectivity index is 0.000000182. The predicted octanol–water partition coefficient (Wildman–Crippen LogP) is 11.0. The number of aromatic amines is 2. The predicted molar refractivity (Wildman–Crippen MR) is 226 cm³/mol. The summed E-state index contributed by atoms with van der Waals surface area (Å²) in [6.07, 6.45) is 14.3. The maximum Gasteiger partial charge on any atom is 0.306 e. The van der Waals surface area contributed by atoms with Gasteiger partial charge >= 0.3 is 11.9 Å². The molecule has 4 heterocycles. The van der Waals surface area contributed by atoms with Crippen molar-refractivity contribution in [2.45, 2.75) is 123 Å². The minimum absolute atomic E-state index is 0.115. The molecule has 0 bridgehead atoms. The summed E-state index contributed by atoms with van der Waals surface area (Å²) < 4.78 is 46.1. The van der Waals surface area contributed by atoms with Crippen molar-refractivity contribution >= 4 is 33.7 Å². The first-order valence-corrected chi connectivity index (χ1v) is 21.2. The first-order valence-electron chi connectivity index (χ1n) is 21.2. The van der Waals surface area contributed by atoms with Crippen molar-refractivity contribution in [1.29, 1.82) is 0 Å². The number of aryl methyl sites for hydroxylation is 4. The molecule has 2 fully saturated rings. The normalized spacial score (nSPS) is 14.4.